The Morgan fingerprint density at radius 2 is 1.55 bits per heavy atom. The maximum absolute atomic E-state index is 14.2. The molecule has 3 aromatic rings. The molecule has 0 unspecified atom stereocenters. The highest BCUT2D eigenvalue weighted by Crippen LogP contribution is 2.40. The maximum Gasteiger partial charge on any atom is 0.417 e. The fourth-order valence-corrected chi connectivity index (χ4v) is 3.93. The first-order valence-electron chi connectivity index (χ1n) is 7.38. The molecule has 29 heavy (non-hydrogen) atoms. The Hall–Kier alpha value is -2.11. The molecule has 0 aliphatic carbocycles. The van der Waals surface area contributed by atoms with Crippen molar-refractivity contribution in [1.82, 2.24) is 9.78 Å². The number of rotatable bonds is 2. The molecule has 2 aromatic carbocycles. The van der Waals surface area contributed by atoms with Gasteiger partial charge in [-0.05, 0) is 24.3 Å². The second-order valence-electron chi connectivity index (χ2n) is 5.57. The van der Waals surface area contributed by atoms with Gasteiger partial charge in [-0.2, -0.15) is 31.4 Å². The standard InChI is InChI=1S/C16H6Cl2F7N3S/c17-8-4-6(15(20,21)22)5-9(18)12(8)28-14(26)29-13(27-28)11-7(16(23,24)25)2-1-3-10(11)19/h1-5,26H. The van der Waals surface area contributed by atoms with E-state index in [9.17, 15) is 30.7 Å². The van der Waals surface area contributed by atoms with E-state index >= 15 is 0 Å². The van der Waals surface area contributed by atoms with Gasteiger partial charge in [-0.25, -0.2) is 9.07 Å². The molecule has 3 rings (SSSR count). The van der Waals surface area contributed by atoms with Gasteiger partial charge in [0.2, 0.25) is 4.80 Å². The fourth-order valence-electron chi connectivity index (χ4n) is 2.45. The van der Waals surface area contributed by atoms with E-state index in [0.29, 0.717) is 34.2 Å². The van der Waals surface area contributed by atoms with Crippen LogP contribution in [0.1, 0.15) is 11.1 Å². The summed E-state index contributed by atoms with van der Waals surface area (Å²) in [6, 6.07) is 3.38. The van der Waals surface area contributed by atoms with E-state index in [1.807, 2.05) is 0 Å². The van der Waals surface area contributed by atoms with Crippen LogP contribution in [0.5, 0.6) is 0 Å². The van der Waals surface area contributed by atoms with Gasteiger partial charge >= 0.3 is 12.4 Å². The third-order valence-electron chi connectivity index (χ3n) is 3.67. The number of benzene rings is 2. The zero-order valence-electron chi connectivity index (χ0n) is 13.6. The zero-order chi connectivity index (χ0) is 21.7. The van der Waals surface area contributed by atoms with Gasteiger partial charge in [-0.15, -0.1) is 0 Å². The molecule has 1 N–H and O–H groups in total. The Kier molecular flexibility index (Phi) is 5.43. The molecule has 0 spiro atoms. The maximum atomic E-state index is 14.2. The minimum absolute atomic E-state index is 0.348. The summed E-state index contributed by atoms with van der Waals surface area (Å²) in [5.74, 6) is -1.23. The van der Waals surface area contributed by atoms with Gasteiger partial charge in [0, 0.05) is 0 Å². The molecule has 0 radical (unpaired) electrons. The number of nitrogens with zero attached hydrogens (tertiary/aromatic N) is 2. The number of hydrogen-bond donors (Lipinski definition) is 1. The van der Waals surface area contributed by atoms with Crippen LogP contribution < -0.4 is 4.80 Å². The van der Waals surface area contributed by atoms with Crippen molar-refractivity contribution in [3.05, 3.63) is 62.1 Å². The molecular weight excluding hydrogens is 470 g/mol. The number of hydrogen-bond acceptors (Lipinski definition) is 3. The summed E-state index contributed by atoms with van der Waals surface area (Å²) in [5.41, 5.74) is -3.72. The first-order valence-corrected chi connectivity index (χ1v) is 8.95. The van der Waals surface area contributed by atoms with Crippen molar-refractivity contribution >= 4 is 34.5 Å². The van der Waals surface area contributed by atoms with Gasteiger partial charge in [0.1, 0.15) is 11.5 Å². The van der Waals surface area contributed by atoms with E-state index in [2.05, 4.69) is 5.10 Å². The molecule has 0 saturated carbocycles. The highest BCUT2D eigenvalue weighted by molar-refractivity contribution is 7.12. The molecule has 0 fully saturated rings. The molecule has 0 saturated heterocycles. The van der Waals surface area contributed by atoms with Gasteiger partial charge < -0.3 is 0 Å². The second kappa shape index (κ2) is 7.29. The second-order valence-corrected chi connectivity index (χ2v) is 7.36. The van der Waals surface area contributed by atoms with Crippen LogP contribution in [0.15, 0.2) is 30.3 Å². The van der Waals surface area contributed by atoms with Crippen molar-refractivity contribution in [2.45, 2.75) is 12.4 Å². The van der Waals surface area contributed by atoms with Crippen LogP contribution in [0.25, 0.3) is 16.3 Å². The quantitative estimate of drug-likeness (QED) is 0.418. The molecule has 0 atom stereocenters. The average Bonchev–Trinajstić information content (AvgIpc) is 2.93. The Labute approximate surface area is 171 Å². The summed E-state index contributed by atoms with van der Waals surface area (Å²) in [7, 11) is 0. The Morgan fingerprint density at radius 1 is 0.966 bits per heavy atom. The molecule has 0 bridgehead atoms. The molecule has 13 heteroatoms. The minimum atomic E-state index is -4.90. The van der Waals surface area contributed by atoms with Gasteiger partial charge in [0.05, 0.1) is 26.7 Å². The predicted molar refractivity (Wildman–Crippen MR) is 92.7 cm³/mol. The van der Waals surface area contributed by atoms with Crippen molar-refractivity contribution < 1.29 is 30.7 Å². The lowest BCUT2D eigenvalue weighted by molar-refractivity contribution is -0.138. The zero-order valence-corrected chi connectivity index (χ0v) is 15.9. The summed E-state index contributed by atoms with van der Waals surface area (Å²) < 4.78 is 93.1. The smallest absolute Gasteiger partial charge is 0.273 e. The van der Waals surface area contributed by atoms with Crippen LogP contribution >= 0.6 is 34.5 Å². The summed E-state index contributed by atoms with van der Waals surface area (Å²) >= 11 is 12.1. The summed E-state index contributed by atoms with van der Waals surface area (Å²) in [4.78, 5) is -0.528. The lowest BCUT2D eigenvalue weighted by Crippen LogP contribution is -2.15. The molecule has 3 nitrogen and oxygen atoms in total. The number of aromatic nitrogens is 2. The summed E-state index contributed by atoms with van der Waals surface area (Å²) in [5, 5.41) is 10.1. The van der Waals surface area contributed by atoms with Crippen LogP contribution in [-0.2, 0) is 12.4 Å². The van der Waals surface area contributed by atoms with Gasteiger partial charge in [0.25, 0.3) is 0 Å². The third kappa shape index (κ3) is 4.12. The van der Waals surface area contributed by atoms with Crippen LogP contribution in [-0.4, -0.2) is 9.78 Å². The number of alkyl halides is 6. The SMILES string of the molecule is N=c1sc(-c2c(F)cccc2C(F)(F)F)nn1-c1c(Cl)cc(C(F)(F)F)cc1Cl. The van der Waals surface area contributed by atoms with Crippen LogP contribution in [0.3, 0.4) is 0 Å². The Balaban J connectivity index is 2.22. The lowest BCUT2D eigenvalue weighted by atomic mass is 10.1. The largest absolute Gasteiger partial charge is 0.417 e. The normalized spacial score (nSPS) is 12.4. The molecule has 0 aliphatic heterocycles. The van der Waals surface area contributed by atoms with E-state index in [1.54, 1.807) is 0 Å². The van der Waals surface area contributed by atoms with Gasteiger partial charge in [0.15, 0.2) is 5.01 Å². The molecule has 1 aromatic heterocycles. The summed E-state index contributed by atoms with van der Waals surface area (Å²) in [6.07, 6.45) is -9.65. The van der Waals surface area contributed by atoms with Crippen molar-refractivity contribution in [3.8, 4) is 16.3 Å². The number of nitrogens with one attached hydrogen (secondary N) is 1. The van der Waals surface area contributed by atoms with Crippen molar-refractivity contribution in [1.29, 1.82) is 5.41 Å². The first-order chi connectivity index (χ1) is 13.3. The topological polar surface area (TPSA) is 41.7 Å². The molecule has 0 amide bonds. The molecule has 0 aliphatic rings. The Bertz CT molecular complexity index is 1130. The number of halogens is 9. The highest BCUT2D eigenvalue weighted by Gasteiger charge is 2.36. The highest BCUT2D eigenvalue weighted by atomic mass is 35.5. The fraction of sp³-hybridized carbons (Fsp3) is 0.125. The van der Waals surface area contributed by atoms with Crippen LogP contribution in [0.4, 0.5) is 30.7 Å². The third-order valence-corrected chi connectivity index (χ3v) is 5.09. The van der Waals surface area contributed by atoms with Crippen molar-refractivity contribution in [3.63, 3.8) is 0 Å². The predicted octanol–water partition coefficient (Wildman–Crippen LogP) is 6.56. The summed E-state index contributed by atoms with van der Waals surface area (Å²) in [6.45, 7) is 0. The van der Waals surface area contributed by atoms with Crippen LogP contribution in [0, 0.1) is 11.2 Å². The Morgan fingerprint density at radius 3 is 2.07 bits per heavy atom. The first kappa shape index (κ1) is 21.6. The minimum Gasteiger partial charge on any atom is -0.273 e. The molecule has 1 heterocycles. The van der Waals surface area contributed by atoms with Crippen molar-refractivity contribution in [2.24, 2.45) is 0 Å². The van der Waals surface area contributed by atoms with E-state index in [1.165, 1.54) is 0 Å². The molecular formula is C16H6Cl2F7N3S. The lowest BCUT2D eigenvalue weighted by Gasteiger charge is -2.12. The van der Waals surface area contributed by atoms with E-state index < -0.39 is 54.7 Å². The average molecular weight is 476 g/mol. The van der Waals surface area contributed by atoms with E-state index in [4.69, 9.17) is 28.6 Å². The van der Waals surface area contributed by atoms with E-state index in [-0.39, 0.29) is 5.69 Å². The van der Waals surface area contributed by atoms with Gasteiger partial charge in [-0.3, -0.25) is 5.41 Å². The monoisotopic (exact) mass is 475 g/mol. The van der Waals surface area contributed by atoms with Crippen molar-refractivity contribution in [2.75, 3.05) is 0 Å². The van der Waals surface area contributed by atoms with Crippen LogP contribution in [0.2, 0.25) is 10.0 Å². The van der Waals surface area contributed by atoms with Gasteiger partial charge in [-0.1, -0.05) is 40.6 Å². The molecule has 154 valence electrons. The van der Waals surface area contributed by atoms with E-state index in [0.717, 1.165) is 12.1 Å².